The molecule has 0 rings (SSSR count). The molecule has 0 saturated carbocycles. The molecule has 0 atom stereocenters. The zero-order valence-corrected chi connectivity index (χ0v) is 12.3. The summed E-state index contributed by atoms with van der Waals surface area (Å²) in [7, 11) is 2.77. The number of rotatable bonds is 9. The van der Waals surface area contributed by atoms with Crippen LogP contribution in [0.1, 0.15) is 40.0 Å². The predicted molar refractivity (Wildman–Crippen MR) is 65.5 cm³/mol. The maximum atomic E-state index is 5.84. The summed E-state index contributed by atoms with van der Waals surface area (Å²) < 4.78 is 16.6. The van der Waals surface area contributed by atoms with Crippen LogP contribution in [0.5, 0.6) is 0 Å². The van der Waals surface area contributed by atoms with Gasteiger partial charge in [-0.15, -0.1) is 0 Å². The van der Waals surface area contributed by atoms with E-state index in [-0.39, 0.29) is 0 Å². The Morgan fingerprint density at radius 1 is 1.20 bits per heavy atom. The normalized spacial score (nSPS) is 13.2. The molecule has 0 aliphatic rings. The van der Waals surface area contributed by atoms with Gasteiger partial charge < -0.3 is 13.9 Å². The van der Waals surface area contributed by atoms with Gasteiger partial charge in [0.1, 0.15) is 0 Å². The van der Waals surface area contributed by atoms with Crippen molar-refractivity contribution in [2.45, 2.75) is 52.1 Å². The van der Waals surface area contributed by atoms with Crippen molar-refractivity contribution in [1.29, 1.82) is 0 Å². The molecule has 0 radical (unpaired) electrons. The monoisotopic (exact) mass is 234 g/mol. The van der Waals surface area contributed by atoms with E-state index in [0.29, 0.717) is 5.92 Å². The highest BCUT2D eigenvalue weighted by Crippen LogP contribution is 2.21. The van der Waals surface area contributed by atoms with E-state index in [2.05, 4.69) is 20.8 Å². The highest BCUT2D eigenvalue weighted by atomic mass is 28.2. The third kappa shape index (κ3) is 6.30. The van der Waals surface area contributed by atoms with Gasteiger partial charge in [-0.3, -0.25) is 0 Å². The second kappa shape index (κ2) is 8.27. The molecule has 0 aromatic heterocycles. The first kappa shape index (κ1) is 15.1. The molecule has 4 heteroatoms. The lowest BCUT2D eigenvalue weighted by molar-refractivity contribution is -0.327. The van der Waals surface area contributed by atoms with Gasteiger partial charge in [0.05, 0.1) is 0 Å². The third-order valence-electron chi connectivity index (χ3n) is 2.48. The molecule has 0 aromatic carbocycles. The summed E-state index contributed by atoms with van der Waals surface area (Å²) in [6.07, 6.45) is 3.02. The first-order valence-corrected chi connectivity index (χ1v) is 7.42. The van der Waals surface area contributed by atoms with Crippen molar-refractivity contribution in [3.05, 3.63) is 0 Å². The molecule has 0 saturated heterocycles. The Hall–Kier alpha value is 0.0969. The van der Waals surface area contributed by atoms with Crippen molar-refractivity contribution in [1.82, 2.24) is 0 Å². The molecule has 3 nitrogen and oxygen atoms in total. The molecular formula is C11H26O3Si. The van der Waals surface area contributed by atoms with Crippen LogP contribution in [-0.2, 0) is 13.9 Å². The lowest BCUT2D eigenvalue weighted by Crippen LogP contribution is -2.38. The Bertz CT molecular complexity index is 147. The maximum Gasteiger partial charge on any atom is 0.272 e. The smallest absolute Gasteiger partial charge is 0.272 e. The van der Waals surface area contributed by atoms with Crippen molar-refractivity contribution in [3.8, 4) is 0 Å². The first-order valence-electron chi connectivity index (χ1n) is 5.84. The van der Waals surface area contributed by atoms with Gasteiger partial charge in [-0.1, -0.05) is 27.2 Å². The van der Waals surface area contributed by atoms with Crippen LogP contribution in [0, 0.1) is 5.92 Å². The maximum absolute atomic E-state index is 5.84. The van der Waals surface area contributed by atoms with Gasteiger partial charge in [-0.25, -0.2) is 0 Å². The lowest BCUT2D eigenvalue weighted by atomic mass is 10.2. The molecule has 0 bridgehead atoms. The van der Waals surface area contributed by atoms with E-state index >= 15 is 0 Å². The van der Waals surface area contributed by atoms with Gasteiger partial charge in [-0.2, -0.15) is 0 Å². The van der Waals surface area contributed by atoms with Crippen LogP contribution in [-0.4, -0.2) is 30.0 Å². The first-order chi connectivity index (χ1) is 7.10. The quantitative estimate of drug-likeness (QED) is 0.452. The fourth-order valence-corrected chi connectivity index (χ4v) is 2.60. The van der Waals surface area contributed by atoms with Gasteiger partial charge >= 0.3 is 0 Å². The van der Waals surface area contributed by atoms with E-state index in [9.17, 15) is 0 Å². The van der Waals surface area contributed by atoms with Crippen LogP contribution < -0.4 is 0 Å². The minimum atomic E-state index is -0.767. The molecule has 0 unspecified atom stereocenters. The van der Waals surface area contributed by atoms with Crippen molar-refractivity contribution in [2.24, 2.45) is 5.92 Å². The lowest BCUT2D eigenvalue weighted by Gasteiger charge is -2.31. The molecule has 0 heterocycles. The van der Waals surface area contributed by atoms with Crippen molar-refractivity contribution in [2.75, 3.05) is 14.2 Å². The van der Waals surface area contributed by atoms with Crippen molar-refractivity contribution in [3.63, 3.8) is 0 Å². The van der Waals surface area contributed by atoms with Gasteiger partial charge in [0.15, 0.2) is 9.76 Å². The molecular weight excluding hydrogens is 208 g/mol. The van der Waals surface area contributed by atoms with Crippen LogP contribution in [0.3, 0.4) is 0 Å². The molecule has 15 heavy (non-hydrogen) atoms. The summed E-state index contributed by atoms with van der Waals surface area (Å²) >= 11 is 0. The molecule has 0 fully saturated rings. The largest absolute Gasteiger partial charge is 0.376 e. The van der Waals surface area contributed by atoms with E-state index in [1.54, 1.807) is 14.2 Å². The fraction of sp³-hybridized carbons (Fsp3) is 1.00. The summed E-state index contributed by atoms with van der Waals surface area (Å²) in [5.41, 5.74) is 0. The predicted octanol–water partition coefficient (Wildman–Crippen LogP) is 2.30. The van der Waals surface area contributed by atoms with E-state index in [1.807, 2.05) is 0 Å². The average Bonchev–Trinajstić information content (AvgIpc) is 2.23. The van der Waals surface area contributed by atoms with E-state index < -0.39 is 15.7 Å². The number of unbranched alkanes of at least 4 members (excludes halogenated alkanes) is 1. The molecule has 0 aliphatic carbocycles. The molecule has 0 spiro atoms. The van der Waals surface area contributed by atoms with Crippen LogP contribution in [0.4, 0.5) is 0 Å². The number of ether oxygens (including phenoxy) is 2. The van der Waals surface area contributed by atoms with E-state index in [4.69, 9.17) is 13.9 Å². The van der Waals surface area contributed by atoms with Gasteiger partial charge in [-0.05, 0) is 18.4 Å². The zero-order valence-electron chi connectivity index (χ0n) is 10.8. The zero-order chi connectivity index (χ0) is 11.7. The summed E-state index contributed by atoms with van der Waals surface area (Å²) in [4.78, 5) is 0. The Kier molecular flexibility index (Phi) is 8.33. The van der Waals surface area contributed by atoms with Crippen LogP contribution in [0.2, 0.25) is 6.04 Å². The average molecular weight is 234 g/mol. The van der Waals surface area contributed by atoms with Gasteiger partial charge in [0.25, 0.3) is 5.97 Å². The summed E-state index contributed by atoms with van der Waals surface area (Å²) in [5.74, 6) is -0.0637. The third-order valence-corrected chi connectivity index (χ3v) is 4.51. The topological polar surface area (TPSA) is 27.7 Å². The summed E-state index contributed by atoms with van der Waals surface area (Å²) in [6.45, 7) is 6.58. The highest BCUT2D eigenvalue weighted by molar-refractivity contribution is 6.27. The van der Waals surface area contributed by atoms with Crippen LogP contribution in [0.25, 0.3) is 0 Å². The van der Waals surface area contributed by atoms with Crippen molar-refractivity contribution < 1.29 is 13.9 Å². The molecule has 0 aromatic rings. The van der Waals surface area contributed by atoms with Crippen molar-refractivity contribution >= 4 is 9.76 Å². The Labute approximate surface area is 96.4 Å². The fourth-order valence-electron chi connectivity index (χ4n) is 1.32. The Morgan fingerprint density at radius 2 is 1.80 bits per heavy atom. The minimum absolute atomic E-state index is 0.540. The van der Waals surface area contributed by atoms with Crippen LogP contribution >= 0.6 is 0 Å². The Balaban J connectivity index is 3.99. The summed E-state index contributed by atoms with van der Waals surface area (Å²) in [6, 6.07) is 1.17. The van der Waals surface area contributed by atoms with Gasteiger partial charge in [0, 0.05) is 20.6 Å². The van der Waals surface area contributed by atoms with Crippen LogP contribution in [0.15, 0.2) is 0 Å². The second-order valence-electron chi connectivity index (χ2n) is 4.23. The SMILES string of the molecule is CCCCC(OC)(OC)O[SiH2]CC(C)C. The summed E-state index contributed by atoms with van der Waals surface area (Å²) in [5, 5.41) is 0. The highest BCUT2D eigenvalue weighted by Gasteiger charge is 2.29. The van der Waals surface area contributed by atoms with Gasteiger partial charge in [0.2, 0.25) is 0 Å². The van der Waals surface area contributed by atoms with E-state index in [1.165, 1.54) is 6.04 Å². The number of hydrogen-bond donors (Lipinski definition) is 0. The molecule has 0 amide bonds. The number of hydrogen-bond acceptors (Lipinski definition) is 3. The molecule has 0 N–H and O–H groups in total. The number of methoxy groups -OCH3 is 2. The second-order valence-corrected chi connectivity index (χ2v) is 5.50. The molecule has 92 valence electrons. The van der Waals surface area contributed by atoms with E-state index in [0.717, 1.165) is 19.3 Å². The minimum Gasteiger partial charge on any atom is -0.376 e. The standard InChI is InChI=1S/C11H26O3Si/c1-6-7-8-11(12-4,13-5)14-15-9-10(2)3/h10H,6-9,15H2,1-5H3. The molecule has 0 aliphatic heterocycles. The Morgan fingerprint density at radius 3 is 2.20 bits per heavy atom.